The van der Waals surface area contributed by atoms with Gasteiger partial charge in [-0.3, -0.25) is 4.99 Å². The molecule has 23 heavy (non-hydrogen) atoms. The Labute approximate surface area is 157 Å². The van der Waals surface area contributed by atoms with Gasteiger partial charge < -0.3 is 20.6 Å². The van der Waals surface area contributed by atoms with Gasteiger partial charge in [-0.25, -0.2) is 0 Å². The fraction of sp³-hybridized carbons (Fsp3) is 0.941. The van der Waals surface area contributed by atoms with Crippen LogP contribution < -0.4 is 10.6 Å². The van der Waals surface area contributed by atoms with Gasteiger partial charge in [-0.1, -0.05) is 12.8 Å². The highest BCUT2D eigenvalue weighted by Crippen LogP contribution is 2.30. The molecular weight excluding hydrogens is 403 g/mol. The van der Waals surface area contributed by atoms with E-state index in [9.17, 15) is 5.11 Å². The Balaban J connectivity index is 0.00000192. The van der Waals surface area contributed by atoms with Gasteiger partial charge in [-0.15, -0.1) is 24.0 Å². The highest BCUT2D eigenvalue weighted by Gasteiger charge is 2.34. The van der Waals surface area contributed by atoms with Gasteiger partial charge in [-0.2, -0.15) is 0 Å². The Morgan fingerprint density at radius 3 is 2.30 bits per heavy atom. The predicted molar refractivity (Wildman–Crippen MR) is 106 cm³/mol. The summed E-state index contributed by atoms with van der Waals surface area (Å²) < 4.78 is 0. The summed E-state index contributed by atoms with van der Waals surface area (Å²) in [4.78, 5) is 7.00. The molecule has 3 aliphatic rings. The van der Waals surface area contributed by atoms with E-state index in [1.54, 1.807) is 0 Å². The first kappa shape index (κ1) is 19.2. The fourth-order valence-corrected chi connectivity index (χ4v) is 4.08. The zero-order valence-corrected chi connectivity index (χ0v) is 16.7. The molecule has 134 valence electrons. The zero-order valence-electron chi connectivity index (χ0n) is 14.4. The van der Waals surface area contributed by atoms with Crippen LogP contribution in [0.5, 0.6) is 0 Å². The average molecular weight is 436 g/mol. The van der Waals surface area contributed by atoms with Crippen LogP contribution in [0.1, 0.15) is 57.8 Å². The second-order valence-electron chi connectivity index (χ2n) is 7.40. The Hall–Kier alpha value is -0.0800. The molecule has 3 rings (SSSR count). The van der Waals surface area contributed by atoms with Crippen molar-refractivity contribution in [2.24, 2.45) is 4.99 Å². The molecule has 3 N–H and O–H groups in total. The normalized spacial score (nSPS) is 26.4. The number of hydrogen-bond acceptors (Lipinski definition) is 3. The molecule has 0 aromatic rings. The molecule has 1 aliphatic heterocycles. The van der Waals surface area contributed by atoms with Crippen molar-refractivity contribution in [1.29, 1.82) is 0 Å². The number of nitrogens with one attached hydrogen (secondary N) is 2. The molecule has 0 aromatic heterocycles. The van der Waals surface area contributed by atoms with Gasteiger partial charge in [0.1, 0.15) is 0 Å². The maximum atomic E-state index is 10.2. The van der Waals surface area contributed by atoms with E-state index in [1.807, 2.05) is 7.05 Å². The van der Waals surface area contributed by atoms with E-state index in [1.165, 1.54) is 51.6 Å². The molecule has 6 heteroatoms. The Morgan fingerprint density at radius 2 is 1.78 bits per heavy atom. The number of aliphatic imine (C=N–C) groups is 1. The number of hydrogen-bond donors (Lipinski definition) is 3. The minimum absolute atomic E-state index is 0. The number of guanidine groups is 1. The molecule has 0 radical (unpaired) electrons. The number of rotatable bonds is 4. The lowest BCUT2D eigenvalue weighted by Gasteiger charge is -2.38. The third kappa shape index (κ3) is 5.19. The van der Waals surface area contributed by atoms with E-state index in [0.29, 0.717) is 12.6 Å². The summed E-state index contributed by atoms with van der Waals surface area (Å²) in [6, 6.07) is 1.37. The van der Waals surface area contributed by atoms with Crippen LogP contribution in [-0.2, 0) is 0 Å². The molecule has 0 spiro atoms. The van der Waals surface area contributed by atoms with Gasteiger partial charge in [0.05, 0.1) is 5.60 Å². The minimum atomic E-state index is -0.497. The van der Waals surface area contributed by atoms with Crippen LogP contribution in [0, 0.1) is 0 Å². The van der Waals surface area contributed by atoms with Crippen LogP contribution in [0.3, 0.4) is 0 Å². The van der Waals surface area contributed by atoms with Crippen LogP contribution in [0.2, 0.25) is 0 Å². The third-order valence-electron chi connectivity index (χ3n) is 5.80. The molecule has 1 saturated heterocycles. The van der Waals surface area contributed by atoms with Crippen molar-refractivity contribution in [3.05, 3.63) is 0 Å². The van der Waals surface area contributed by atoms with Gasteiger partial charge in [0.25, 0.3) is 0 Å². The summed E-state index contributed by atoms with van der Waals surface area (Å²) in [7, 11) is 1.81. The van der Waals surface area contributed by atoms with Crippen molar-refractivity contribution >= 4 is 29.9 Å². The topological polar surface area (TPSA) is 59.9 Å². The van der Waals surface area contributed by atoms with Gasteiger partial charge in [0.15, 0.2) is 5.96 Å². The van der Waals surface area contributed by atoms with Crippen LogP contribution in [0.4, 0.5) is 0 Å². The minimum Gasteiger partial charge on any atom is -0.388 e. The van der Waals surface area contributed by atoms with Gasteiger partial charge >= 0.3 is 0 Å². The lowest BCUT2D eigenvalue weighted by atomic mass is 9.80. The molecule has 5 nitrogen and oxygen atoms in total. The van der Waals surface area contributed by atoms with Crippen molar-refractivity contribution < 1.29 is 5.11 Å². The quantitative estimate of drug-likeness (QED) is 0.359. The van der Waals surface area contributed by atoms with E-state index in [2.05, 4.69) is 20.5 Å². The Kier molecular flexibility index (Phi) is 7.41. The van der Waals surface area contributed by atoms with Crippen molar-refractivity contribution in [2.45, 2.75) is 75.5 Å². The molecule has 0 bridgehead atoms. The molecule has 0 aromatic carbocycles. The summed E-state index contributed by atoms with van der Waals surface area (Å²) in [5.41, 5.74) is -0.497. The van der Waals surface area contributed by atoms with E-state index >= 15 is 0 Å². The fourth-order valence-electron chi connectivity index (χ4n) is 4.08. The lowest BCUT2D eigenvalue weighted by Crippen LogP contribution is -2.54. The second-order valence-corrected chi connectivity index (χ2v) is 7.40. The van der Waals surface area contributed by atoms with Crippen LogP contribution >= 0.6 is 24.0 Å². The van der Waals surface area contributed by atoms with Crippen LogP contribution in [-0.4, -0.2) is 60.3 Å². The maximum Gasteiger partial charge on any atom is 0.191 e. The van der Waals surface area contributed by atoms with Gasteiger partial charge in [0, 0.05) is 38.8 Å². The summed E-state index contributed by atoms with van der Waals surface area (Å²) in [6.45, 7) is 3.04. The van der Waals surface area contributed by atoms with Crippen LogP contribution in [0.25, 0.3) is 0 Å². The first-order valence-corrected chi connectivity index (χ1v) is 9.12. The third-order valence-corrected chi connectivity index (χ3v) is 5.80. The first-order chi connectivity index (χ1) is 10.7. The van der Waals surface area contributed by atoms with Crippen molar-refractivity contribution in [2.75, 3.05) is 26.7 Å². The predicted octanol–water partition coefficient (Wildman–Crippen LogP) is 2.09. The van der Waals surface area contributed by atoms with Crippen molar-refractivity contribution in [1.82, 2.24) is 15.5 Å². The molecule has 3 fully saturated rings. The summed E-state index contributed by atoms with van der Waals surface area (Å²) in [5.74, 6) is 0.847. The monoisotopic (exact) mass is 436 g/mol. The van der Waals surface area contributed by atoms with Gasteiger partial charge in [0.2, 0.25) is 0 Å². The smallest absolute Gasteiger partial charge is 0.191 e. The van der Waals surface area contributed by atoms with E-state index in [-0.39, 0.29) is 24.0 Å². The van der Waals surface area contributed by atoms with Crippen LogP contribution in [0.15, 0.2) is 4.99 Å². The Morgan fingerprint density at radius 1 is 1.13 bits per heavy atom. The van der Waals surface area contributed by atoms with E-state index < -0.39 is 5.60 Å². The number of piperidine rings is 1. The highest BCUT2D eigenvalue weighted by atomic mass is 127. The molecule has 1 heterocycles. The van der Waals surface area contributed by atoms with E-state index in [0.717, 1.165) is 31.3 Å². The highest BCUT2D eigenvalue weighted by molar-refractivity contribution is 14.0. The lowest BCUT2D eigenvalue weighted by molar-refractivity contribution is -0.0279. The molecule has 0 unspecified atom stereocenters. The Bertz CT molecular complexity index is 386. The second kappa shape index (κ2) is 8.85. The summed E-state index contributed by atoms with van der Waals surface area (Å²) in [6.07, 6.45) is 11.0. The first-order valence-electron chi connectivity index (χ1n) is 9.12. The number of likely N-dealkylation sites (tertiary alicyclic amines) is 1. The van der Waals surface area contributed by atoms with E-state index in [4.69, 9.17) is 0 Å². The SMILES string of the molecule is CN=C(NCC1(O)CCC1)NC1CCN(C2CCCC2)CC1.I. The molecule has 0 amide bonds. The molecule has 2 saturated carbocycles. The standard InChI is InChI=1S/C17H32N4O.HI/c1-18-16(19-13-17(22)9-4-10-17)20-14-7-11-21(12-8-14)15-5-2-3-6-15;/h14-15,22H,2-13H2,1H3,(H2,18,19,20);1H. The summed E-state index contributed by atoms with van der Waals surface area (Å²) in [5, 5.41) is 17.0. The van der Waals surface area contributed by atoms with Gasteiger partial charge in [-0.05, 0) is 44.9 Å². The molecule has 2 aliphatic carbocycles. The molecule has 0 atom stereocenters. The average Bonchev–Trinajstić information content (AvgIpc) is 3.04. The summed E-state index contributed by atoms with van der Waals surface area (Å²) >= 11 is 0. The van der Waals surface area contributed by atoms with Crippen molar-refractivity contribution in [3.63, 3.8) is 0 Å². The maximum absolute atomic E-state index is 10.2. The number of aliphatic hydroxyl groups is 1. The largest absolute Gasteiger partial charge is 0.388 e. The molecular formula is C17H33IN4O. The number of halogens is 1. The number of nitrogens with zero attached hydrogens (tertiary/aromatic N) is 2. The zero-order chi connectivity index (χ0) is 15.4. The van der Waals surface area contributed by atoms with Crippen molar-refractivity contribution in [3.8, 4) is 0 Å².